The number of aryl methyl sites for hydroxylation is 1. The highest BCUT2D eigenvalue weighted by Crippen LogP contribution is 2.53. The molecule has 0 saturated heterocycles. The summed E-state index contributed by atoms with van der Waals surface area (Å²) in [6.45, 7) is 2.31. The average Bonchev–Trinajstić information content (AvgIpc) is 2.92. The Morgan fingerprint density at radius 1 is 1.56 bits per heavy atom. The van der Waals surface area contributed by atoms with Crippen molar-refractivity contribution < 1.29 is 0 Å². The Kier molecular flexibility index (Phi) is 3.26. The summed E-state index contributed by atoms with van der Waals surface area (Å²) in [7, 11) is 0. The van der Waals surface area contributed by atoms with Gasteiger partial charge in [0.05, 0.1) is 0 Å². The molecule has 0 bridgehead atoms. The van der Waals surface area contributed by atoms with Crippen LogP contribution in [0.4, 0.5) is 0 Å². The molecule has 1 atom stereocenters. The minimum absolute atomic E-state index is 0.0492. The zero-order chi connectivity index (χ0) is 13.5. The summed E-state index contributed by atoms with van der Waals surface area (Å²) in [6, 6.07) is 1.79. The highest BCUT2D eigenvalue weighted by atomic mass is 35.5. The van der Waals surface area contributed by atoms with Crippen LogP contribution in [0.25, 0.3) is 0 Å². The first-order chi connectivity index (χ1) is 8.40. The Morgan fingerprint density at radius 3 is 2.61 bits per heavy atom. The second-order valence-electron chi connectivity index (χ2n) is 4.30. The van der Waals surface area contributed by atoms with E-state index in [1.54, 1.807) is 13.0 Å². The molecule has 0 aromatic carbocycles. The van der Waals surface area contributed by atoms with Crippen LogP contribution in [0.5, 0.6) is 0 Å². The first-order valence-electron chi connectivity index (χ1n) is 5.53. The quantitative estimate of drug-likeness (QED) is 0.782. The van der Waals surface area contributed by atoms with E-state index in [9.17, 15) is 9.59 Å². The third-order valence-electron chi connectivity index (χ3n) is 3.06. The van der Waals surface area contributed by atoms with Crippen LogP contribution in [-0.4, -0.2) is 13.5 Å². The van der Waals surface area contributed by atoms with Crippen LogP contribution in [0.1, 0.15) is 18.9 Å². The van der Waals surface area contributed by atoms with E-state index in [-0.39, 0.29) is 18.0 Å². The number of alkyl halides is 2. The monoisotopic (exact) mass is 287 g/mol. The minimum atomic E-state index is -0.856. The Labute approximate surface area is 113 Å². The number of aromatic nitrogens is 2. The van der Waals surface area contributed by atoms with Crippen LogP contribution in [-0.2, 0) is 13.1 Å². The fourth-order valence-corrected chi connectivity index (χ4v) is 2.32. The molecule has 0 unspecified atom stereocenters. The molecule has 7 heteroatoms. The molecule has 0 N–H and O–H groups in total. The Bertz CT molecular complexity index is 639. The Balaban J connectivity index is 2.49. The molecule has 0 spiro atoms. The molecule has 18 heavy (non-hydrogen) atoms. The van der Waals surface area contributed by atoms with Gasteiger partial charge in [-0.3, -0.25) is 13.9 Å². The van der Waals surface area contributed by atoms with Gasteiger partial charge in [0.15, 0.2) is 0 Å². The van der Waals surface area contributed by atoms with Crippen molar-refractivity contribution >= 4 is 23.2 Å². The van der Waals surface area contributed by atoms with Crippen LogP contribution in [0, 0.1) is 17.2 Å². The number of halogens is 2. The van der Waals surface area contributed by atoms with Crippen molar-refractivity contribution in [1.29, 1.82) is 5.26 Å². The van der Waals surface area contributed by atoms with Crippen molar-refractivity contribution in [2.45, 2.75) is 30.8 Å². The number of hydrogen-bond acceptors (Lipinski definition) is 3. The third-order valence-corrected chi connectivity index (χ3v) is 3.98. The van der Waals surface area contributed by atoms with E-state index in [4.69, 9.17) is 28.5 Å². The number of nitrogens with zero attached hydrogens (tertiary/aromatic N) is 3. The maximum Gasteiger partial charge on any atom is 0.331 e. The lowest BCUT2D eigenvalue weighted by atomic mass is 10.3. The van der Waals surface area contributed by atoms with Crippen molar-refractivity contribution in [3.05, 3.63) is 32.6 Å². The van der Waals surface area contributed by atoms with Crippen LogP contribution in [0.15, 0.2) is 15.8 Å². The lowest BCUT2D eigenvalue weighted by molar-refractivity contribution is 0.528. The van der Waals surface area contributed by atoms with E-state index in [1.807, 2.05) is 0 Å². The summed E-state index contributed by atoms with van der Waals surface area (Å²) >= 11 is 11.8. The topological polar surface area (TPSA) is 67.8 Å². The molecule has 1 saturated carbocycles. The Hall–Kier alpha value is -1.25. The Morgan fingerprint density at radius 2 is 2.17 bits per heavy atom. The summed E-state index contributed by atoms with van der Waals surface area (Å²) in [5, 5.41) is 8.88. The minimum Gasteiger partial charge on any atom is -0.299 e. The van der Waals surface area contributed by atoms with E-state index >= 15 is 0 Å². The second kappa shape index (κ2) is 4.45. The van der Waals surface area contributed by atoms with Crippen LogP contribution < -0.4 is 11.2 Å². The molecule has 1 aromatic heterocycles. The van der Waals surface area contributed by atoms with Crippen LogP contribution in [0.2, 0.25) is 0 Å². The van der Waals surface area contributed by atoms with Gasteiger partial charge in [0.2, 0.25) is 0 Å². The molecule has 1 fully saturated rings. The lowest BCUT2D eigenvalue weighted by Gasteiger charge is -2.09. The predicted octanol–water partition coefficient (Wildman–Crippen LogP) is 1.10. The van der Waals surface area contributed by atoms with E-state index in [0.29, 0.717) is 13.0 Å². The zero-order valence-electron chi connectivity index (χ0n) is 9.69. The summed E-state index contributed by atoms with van der Waals surface area (Å²) in [5.41, 5.74) is -1.06. The normalized spacial score (nSPS) is 20.4. The molecule has 0 radical (unpaired) electrons. The molecule has 0 amide bonds. The van der Waals surface area contributed by atoms with Crippen molar-refractivity contribution in [2.75, 3.05) is 0 Å². The van der Waals surface area contributed by atoms with Gasteiger partial charge in [0.25, 0.3) is 5.56 Å². The summed E-state index contributed by atoms with van der Waals surface area (Å²) in [4.78, 5) is 23.9. The molecular weight excluding hydrogens is 277 g/mol. The van der Waals surface area contributed by atoms with Gasteiger partial charge in [-0.25, -0.2) is 4.79 Å². The van der Waals surface area contributed by atoms with Gasteiger partial charge in [-0.05, 0) is 13.3 Å². The molecule has 96 valence electrons. The van der Waals surface area contributed by atoms with Gasteiger partial charge in [0, 0.05) is 25.2 Å². The van der Waals surface area contributed by atoms with Crippen molar-refractivity contribution in [1.82, 2.24) is 9.13 Å². The molecule has 5 nitrogen and oxygen atoms in total. The maximum atomic E-state index is 12.0. The maximum absolute atomic E-state index is 12.0. The van der Waals surface area contributed by atoms with Crippen molar-refractivity contribution in [3.63, 3.8) is 0 Å². The molecule has 0 aliphatic heterocycles. The highest BCUT2D eigenvalue weighted by molar-refractivity contribution is 6.50. The fourth-order valence-electron chi connectivity index (χ4n) is 1.81. The summed E-state index contributed by atoms with van der Waals surface area (Å²) in [5.74, 6) is -0.120. The molecule has 2 rings (SSSR count). The van der Waals surface area contributed by atoms with E-state index in [1.165, 1.54) is 10.8 Å². The average molecular weight is 288 g/mol. The largest absolute Gasteiger partial charge is 0.331 e. The van der Waals surface area contributed by atoms with Gasteiger partial charge < -0.3 is 0 Å². The lowest BCUT2D eigenvalue weighted by Crippen LogP contribution is -2.41. The van der Waals surface area contributed by atoms with E-state index < -0.39 is 15.6 Å². The first-order valence-corrected chi connectivity index (χ1v) is 6.28. The summed E-state index contributed by atoms with van der Waals surface area (Å²) in [6.07, 6.45) is 1.83. The molecule has 1 aliphatic carbocycles. The van der Waals surface area contributed by atoms with Gasteiger partial charge in [-0.2, -0.15) is 5.26 Å². The third kappa shape index (κ3) is 2.18. The second-order valence-corrected chi connectivity index (χ2v) is 5.84. The van der Waals surface area contributed by atoms with E-state index in [2.05, 4.69) is 0 Å². The van der Waals surface area contributed by atoms with Crippen LogP contribution in [0.3, 0.4) is 0 Å². The standard InChI is InChI=1S/C11H11Cl2N3O2/c1-2-15-5-7(4-14)9(17)16(10(15)18)6-8-3-11(8,12)13/h5,8H,2-3,6H2,1H3/t8-/m0/s1. The number of nitriles is 1. The molecule has 1 aliphatic rings. The van der Waals surface area contributed by atoms with Gasteiger partial charge >= 0.3 is 5.69 Å². The van der Waals surface area contributed by atoms with E-state index in [0.717, 1.165) is 4.57 Å². The smallest absolute Gasteiger partial charge is 0.299 e. The number of rotatable bonds is 3. The van der Waals surface area contributed by atoms with Gasteiger partial charge in [-0.15, -0.1) is 23.2 Å². The SMILES string of the molecule is CCn1cc(C#N)c(=O)n(C[C@@H]2CC2(Cl)Cl)c1=O. The van der Waals surface area contributed by atoms with Gasteiger partial charge in [0.1, 0.15) is 16.0 Å². The molecule has 1 heterocycles. The number of hydrogen-bond donors (Lipinski definition) is 0. The fraction of sp³-hybridized carbons (Fsp3) is 0.545. The summed E-state index contributed by atoms with van der Waals surface area (Å²) < 4.78 is 1.51. The zero-order valence-corrected chi connectivity index (χ0v) is 11.2. The van der Waals surface area contributed by atoms with Crippen LogP contribution >= 0.6 is 23.2 Å². The van der Waals surface area contributed by atoms with Crippen molar-refractivity contribution in [3.8, 4) is 6.07 Å². The van der Waals surface area contributed by atoms with Gasteiger partial charge in [-0.1, -0.05) is 0 Å². The van der Waals surface area contributed by atoms with Crippen molar-refractivity contribution in [2.24, 2.45) is 5.92 Å². The molecule has 1 aromatic rings. The molecular formula is C11H11Cl2N3O2. The first kappa shape index (κ1) is 13.2. The highest BCUT2D eigenvalue weighted by Gasteiger charge is 2.51. The predicted molar refractivity (Wildman–Crippen MR) is 67.9 cm³/mol.